The van der Waals surface area contributed by atoms with Crippen LogP contribution in [-0.4, -0.2) is 21.4 Å². The lowest BCUT2D eigenvalue weighted by molar-refractivity contribution is 0.244. The fourth-order valence-corrected chi connectivity index (χ4v) is 2.67. The van der Waals surface area contributed by atoms with E-state index in [1.165, 1.54) is 18.4 Å². The predicted octanol–water partition coefficient (Wildman–Crippen LogP) is 2.81. The zero-order chi connectivity index (χ0) is 12.2. The van der Waals surface area contributed by atoms with Gasteiger partial charge in [0.2, 0.25) is 0 Å². The Balaban J connectivity index is 1.76. The molecule has 3 nitrogen and oxygen atoms in total. The number of nitrogens with zero attached hydrogens (tertiary/aromatic N) is 3. The summed E-state index contributed by atoms with van der Waals surface area (Å²) >= 11 is 0. The second kappa shape index (κ2) is 5.27. The molecule has 18 heavy (non-hydrogen) atoms. The number of hydrogen-bond donors (Lipinski definition) is 0. The van der Waals surface area contributed by atoms with Gasteiger partial charge in [-0.2, -0.15) is 0 Å². The maximum absolute atomic E-state index is 4.40. The molecule has 1 fully saturated rings. The Hall–Kier alpha value is -1.74. The maximum atomic E-state index is 4.40. The molecule has 1 aromatic heterocycles. The molecular formula is C15H17N3. The van der Waals surface area contributed by atoms with Crippen LogP contribution in [0.5, 0.6) is 0 Å². The molecule has 2 aromatic rings. The number of likely N-dealkylation sites (tertiary alicyclic amines) is 1. The summed E-state index contributed by atoms with van der Waals surface area (Å²) in [6.45, 7) is 2.17. The van der Waals surface area contributed by atoms with Gasteiger partial charge in [-0.3, -0.25) is 4.90 Å². The van der Waals surface area contributed by atoms with Crippen molar-refractivity contribution < 1.29 is 0 Å². The van der Waals surface area contributed by atoms with Gasteiger partial charge >= 0.3 is 0 Å². The van der Waals surface area contributed by atoms with Crippen LogP contribution in [-0.2, 0) is 6.54 Å². The van der Waals surface area contributed by atoms with E-state index in [9.17, 15) is 0 Å². The molecule has 92 valence electrons. The first kappa shape index (κ1) is 11.4. The van der Waals surface area contributed by atoms with E-state index in [4.69, 9.17) is 0 Å². The van der Waals surface area contributed by atoms with Gasteiger partial charge in [0.1, 0.15) is 6.33 Å². The minimum Gasteiger partial charge on any atom is -0.291 e. The van der Waals surface area contributed by atoms with Crippen molar-refractivity contribution in [2.75, 3.05) is 6.54 Å². The quantitative estimate of drug-likeness (QED) is 0.824. The van der Waals surface area contributed by atoms with Gasteiger partial charge in [0.15, 0.2) is 0 Å². The van der Waals surface area contributed by atoms with Gasteiger partial charge in [-0.05, 0) is 31.0 Å². The second-order valence-electron chi connectivity index (χ2n) is 4.75. The molecule has 0 amide bonds. The van der Waals surface area contributed by atoms with Gasteiger partial charge in [0, 0.05) is 12.7 Å². The molecule has 0 radical (unpaired) electrons. The largest absolute Gasteiger partial charge is 0.291 e. The van der Waals surface area contributed by atoms with E-state index in [0.29, 0.717) is 6.04 Å². The van der Waals surface area contributed by atoms with Crippen LogP contribution >= 0.6 is 0 Å². The van der Waals surface area contributed by atoms with Crippen LogP contribution in [0.15, 0.2) is 48.9 Å². The molecule has 1 saturated heterocycles. The van der Waals surface area contributed by atoms with Crippen molar-refractivity contribution >= 4 is 0 Å². The van der Waals surface area contributed by atoms with E-state index in [1.807, 2.05) is 12.3 Å². The van der Waals surface area contributed by atoms with Gasteiger partial charge in [-0.1, -0.05) is 30.3 Å². The molecule has 1 aromatic carbocycles. The summed E-state index contributed by atoms with van der Waals surface area (Å²) in [7, 11) is 0. The monoisotopic (exact) mass is 239 g/mol. The van der Waals surface area contributed by atoms with Crippen LogP contribution in [0, 0.1) is 0 Å². The fraction of sp³-hybridized carbons (Fsp3) is 0.333. The predicted molar refractivity (Wildman–Crippen MR) is 70.9 cm³/mol. The summed E-state index contributed by atoms with van der Waals surface area (Å²) < 4.78 is 0. The lowest BCUT2D eigenvalue weighted by Crippen LogP contribution is -2.23. The van der Waals surface area contributed by atoms with Crippen molar-refractivity contribution in [3.05, 3.63) is 60.2 Å². The van der Waals surface area contributed by atoms with Crippen LogP contribution in [0.3, 0.4) is 0 Å². The van der Waals surface area contributed by atoms with Gasteiger partial charge in [0.05, 0.1) is 11.7 Å². The number of rotatable bonds is 3. The Labute approximate surface area is 108 Å². The Morgan fingerprint density at radius 2 is 2.06 bits per heavy atom. The molecule has 2 heterocycles. The number of hydrogen-bond acceptors (Lipinski definition) is 3. The molecule has 0 spiro atoms. The van der Waals surface area contributed by atoms with Crippen molar-refractivity contribution in [2.45, 2.75) is 25.4 Å². The third-order valence-electron chi connectivity index (χ3n) is 3.54. The van der Waals surface area contributed by atoms with Crippen LogP contribution in [0.25, 0.3) is 0 Å². The summed E-state index contributed by atoms with van der Waals surface area (Å²) in [6, 6.07) is 13.1. The molecule has 0 aliphatic carbocycles. The normalized spacial score (nSPS) is 20.1. The van der Waals surface area contributed by atoms with Crippen LogP contribution < -0.4 is 0 Å². The first-order valence-electron chi connectivity index (χ1n) is 6.47. The highest BCUT2D eigenvalue weighted by Crippen LogP contribution is 2.31. The molecule has 1 aliphatic rings. The van der Waals surface area contributed by atoms with Crippen LogP contribution in [0.2, 0.25) is 0 Å². The Kier molecular flexibility index (Phi) is 3.33. The standard InChI is InChI=1S/C15H17N3/c1-2-5-13(6-3-1)11-18-10-4-7-15(18)14-8-9-16-12-17-14/h1-3,5-6,8-9,12,15H,4,7,10-11H2. The average Bonchev–Trinajstić information content (AvgIpc) is 2.89. The summed E-state index contributed by atoms with van der Waals surface area (Å²) in [5.74, 6) is 0. The van der Waals surface area contributed by atoms with Crippen molar-refractivity contribution in [3.63, 3.8) is 0 Å². The molecule has 3 heteroatoms. The Morgan fingerprint density at radius 1 is 1.17 bits per heavy atom. The van der Waals surface area contributed by atoms with E-state index in [2.05, 4.69) is 45.2 Å². The van der Waals surface area contributed by atoms with E-state index in [0.717, 1.165) is 18.8 Å². The first-order valence-corrected chi connectivity index (χ1v) is 6.47. The van der Waals surface area contributed by atoms with Gasteiger partial charge in [-0.25, -0.2) is 9.97 Å². The highest BCUT2D eigenvalue weighted by molar-refractivity contribution is 5.16. The second-order valence-corrected chi connectivity index (χ2v) is 4.75. The summed E-state index contributed by atoms with van der Waals surface area (Å²) in [5, 5.41) is 0. The van der Waals surface area contributed by atoms with E-state index < -0.39 is 0 Å². The fourth-order valence-electron chi connectivity index (χ4n) is 2.67. The highest BCUT2D eigenvalue weighted by Gasteiger charge is 2.26. The lowest BCUT2D eigenvalue weighted by Gasteiger charge is -2.23. The van der Waals surface area contributed by atoms with Gasteiger partial charge in [-0.15, -0.1) is 0 Å². The maximum Gasteiger partial charge on any atom is 0.115 e. The summed E-state index contributed by atoms with van der Waals surface area (Å²) in [5.41, 5.74) is 2.52. The van der Waals surface area contributed by atoms with E-state index in [1.54, 1.807) is 6.33 Å². The molecule has 0 bridgehead atoms. The zero-order valence-corrected chi connectivity index (χ0v) is 10.4. The molecule has 0 N–H and O–H groups in total. The van der Waals surface area contributed by atoms with Crippen LogP contribution in [0.1, 0.15) is 30.1 Å². The number of aromatic nitrogens is 2. The third-order valence-corrected chi connectivity index (χ3v) is 3.54. The Morgan fingerprint density at radius 3 is 2.83 bits per heavy atom. The number of benzene rings is 1. The molecule has 3 rings (SSSR count). The molecule has 1 unspecified atom stereocenters. The topological polar surface area (TPSA) is 29.0 Å². The van der Waals surface area contributed by atoms with Gasteiger partial charge < -0.3 is 0 Å². The Bertz CT molecular complexity index is 484. The van der Waals surface area contributed by atoms with Crippen molar-refractivity contribution in [3.8, 4) is 0 Å². The summed E-state index contributed by atoms with van der Waals surface area (Å²) in [4.78, 5) is 10.9. The molecule has 1 atom stereocenters. The smallest absolute Gasteiger partial charge is 0.115 e. The minimum atomic E-state index is 0.452. The minimum absolute atomic E-state index is 0.452. The molecule has 1 aliphatic heterocycles. The van der Waals surface area contributed by atoms with Crippen molar-refractivity contribution in [1.29, 1.82) is 0 Å². The van der Waals surface area contributed by atoms with Gasteiger partial charge in [0.25, 0.3) is 0 Å². The SMILES string of the molecule is c1ccc(CN2CCCC2c2ccncn2)cc1. The lowest BCUT2D eigenvalue weighted by atomic mass is 10.1. The average molecular weight is 239 g/mol. The van der Waals surface area contributed by atoms with E-state index in [-0.39, 0.29) is 0 Å². The third kappa shape index (κ3) is 2.41. The first-order chi connectivity index (χ1) is 8.93. The zero-order valence-electron chi connectivity index (χ0n) is 10.4. The van der Waals surface area contributed by atoms with Crippen LogP contribution in [0.4, 0.5) is 0 Å². The van der Waals surface area contributed by atoms with Crippen molar-refractivity contribution in [1.82, 2.24) is 14.9 Å². The molecule has 0 saturated carbocycles. The summed E-state index contributed by atoms with van der Waals surface area (Å²) in [6.07, 6.45) is 5.93. The van der Waals surface area contributed by atoms with Crippen molar-refractivity contribution in [2.24, 2.45) is 0 Å². The van der Waals surface area contributed by atoms with E-state index >= 15 is 0 Å². The molecular weight excluding hydrogens is 222 g/mol. The highest BCUT2D eigenvalue weighted by atomic mass is 15.2.